The topological polar surface area (TPSA) is 0 Å². The van der Waals surface area contributed by atoms with Gasteiger partial charge in [-0.3, -0.25) is 0 Å². The van der Waals surface area contributed by atoms with E-state index in [1.807, 2.05) is 6.92 Å². The predicted molar refractivity (Wildman–Crippen MR) is 53.2 cm³/mol. The van der Waals surface area contributed by atoms with Crippen LogP contribution in [-0.4, -0.2) is 6.17 Å². The largest absolute Gasteiger partial charge is 0.248 e. The number of rotatable bonds is 8. The molecular weight excluding hydrogens is 151 g/mol. The van der Waals surface area contributed by atoms with Gasteiger partial charge in [-0.05, 0) is 12.8 Å². The van der Waals surface area contributed by atoms with Gasteiger partial charge in [0.25, 0.3) is 0 Å². The maximum atomic E-state index is 12.7. The van der Waals surface area contributed by atoms with E-state index in [9.17, 15) is 4.39 Å². The Morgan fingerprint density at radius 1 is 0.917 bits per heavy atom. The van der Waals surface area contributed by atoms with E-state index in [1.165, 1.54) is 32.1 Å². The zero-order chi connectivity index (χ0) is 9.23. The molecule has 0 heterocycles. The van der Waals surface area contributed by atoms with Gasteiger partial charge in [0.2, 0.25) is 0 Å². The van der Waals surface area contributed by atoms with Crippen molar-refractivity contribution in [3.8, 4) is 0 Å². The molecule has 1 atom stereocenters. The third-order valence-corrected chi connectivity index (χ3v) is 2.31. The molecule has 0 radical (unpaired) electrons. The van der Waals surface area contributed by atoms with Crippen LogP contribution in [-0.2, 0) is 0 Å². The van der Waals surface area contributed by atoms with Crippen LogP contribution < -0.4 is 0 Å². The zero-order valence-corrected chi connectivity index (χ0v) is 8.61. The summed E-state index contributed by atoms with van der Waals surface area (Å²) in [7, 11) is 0. The lowest BCUT2D eigenvalue weighted by molar-refractivity contribution is 0.296. The fourth-order valence-electron chi connectivity index (χ4n) is 1.35. The second-order valence-electron chi connectivity index (χ2n) is 3.56. The molecule has 0 aliphatic rings. The van der Waals surface area contributed by atoms with Crippen LogP contribution in [0.2, 0.25) is 0 Å². The fourth-order valence-corrected chi connectivity index (χ4v) is 1.35. The van der Waals surface area contributed by atoms with Crippen LogP contribution in [0, 0.1) is 0 Å². The molecule has 12 heavy (non-hydrogen) atoms. The highest BCUT2D eigenvalue weighted by atomic mass is 19.1. The summed E-state index contributed by atoms with van der Waals surface area (Å²) in [5, 5.41) is 0. The van der Waals surface area contributed by atoms with Crippen LogP contribution in [0.15, 0.2) is 0 Å². The van der Waals surface area contributed by atoms with Gasteiger partial charge in [0, 0.05) is 0 Å². The quantitative estimate of drug-likeness (QED) is 0.476. The molecule has 0 aliphatic heterocycles. The van der Waals surface area contributed by atoms with Crippen molar-refractivity contribution in [1.82, 2.24) is 0 Å². The molecule has 0 aromatic carbocycles. The highest BCUT2D eigenvalue weighted by Gasteiger charge is 2.01. The molecule has 0 spiro atoms. The summed E-state index contributed by atoms with van der Waals surface area (Å²) < 4.78 is 12.7. The molecule has 0 saturated heterocycles. The van der Waals surface area contributed by atoms with E-state index >= 15 is 0 Å². The number of halogens is 1. The van der Waals surface area contributed by atoms with Crippen LogP contribution in [0.5, 0.6) is 0 Å². The molecule has 0 aromatic heterocycles. The van der Waals surface area contributed by atoms with Gasteiger partial charge in [0.05, 0.1) is 6.17 Å². The molecule has 0 nitrogen and oxygen atoms in total. The first kappa shape index (κ1) is 11.9. The Balaban J connectivity index is 2.90. The Kier molecular flexibility index (Phi) is 8.97. The molecule has 0 bridgehead atoms. The molecule has 0 N–H and O–H groups in total. The highest BCUT2D eigenvalue weighted by molar-refractivity contribution is 4.53. The lowest BCUT2D eigenvalue weighted by Gasteiger charge is -2.03. The molecule has 0 fully saturated rings. The van der Waals surface area contributed by atoms with Crippen LogP contribution in [0.3, 0.4) is 0 Å². The summed E-state index contributed by atoms with van der Waals surface area (Å²) >= 11 is 0. The maximum Gasteiger partial charge on any atom is 0.0999 e. The molecular formula is C11H23F. The Hall–Kier alpha value is -0.0700. The standard InChI is InChI=1S/C11H23F/c1-3-5-6-7-8-9-10-11(12)4-2/h11H,3-10H2,1-2H3. The third kappa shape index (κ3) is 8.03. The lowest BCUT2D eigenvalue weighted by atomic mass is 10.1. The molecule has 0 aromatic rings. The Morgan fingerprint density at radius 2 is 1.50 bits per heavy atom. The van der Waals surface area contributed by atoms with Gasteiger partial charge in [-0.25, -0.2) is 4.39 Å². The van der Waals surface area contributed by atoms with E-state index in [1.54, 1.807) is 0 Å². The van der Waals surface area contributed by atoms with Crippen molar-refractivity contribution in [2.45, 2.75) is 71.4 Å². The first-order valence-electron chi connectivity index (χ1n) is 5.45. The van der Waals surface area contributed by atoms with Gasteiger partial charge >= 0.3 is 0 Å². The fraction of sp³-hybridized carbons (Fsp3) is 1.00. The summed E-state index contributed by atoms with van der Waals surface area (Å²) in [5.74, 6) is 0. The van der Waals surface area contributed by atoms with E-state index in [0.717, 1.165) is 12.8 Å². The molecule has 0 rings (SSSR count). The minimum Gasteiger partial charge on any atom is -0.248 e. The van der Waals surface area contributed by atoms with E-state index in [-0.39, 0.29) is 0 Å². The molecule has 0 amide bonds. The van der Waals surface area contributed by atoms with Crippen LogP contribution in [0.1, 0.15) is 65.2 Å². The molecule has 0 aliphatic carbocycles. The molecule has 1 unspecified atom stereocenters. The molecule has 74 valence electrons. The van der Waals surface area contributed by atoms with Gasteiger partial charge < -0.3 is 0 Å². The van der Waals surface area contributed by atoms with Crippen LogP contribution in [0.4, 0.5) is 4.39 Å². The normalized spacial score (nSPS) is 13.2. The number of hydrogen-bond acceptors (Lipinski definition) is 0. The maximum absolute atomic E-state index is 12.7. The summed E-state index contributed by atoms with van der Waals surface area (Å²) in [5.41, 5.74) is 0. The summed E-state index contributed by atoms with van der Waals surface area (Å²) in [6.07, 6.45) is 8.49. The second kappa shape index (κ2) is 9.02. The van der Waals surface area contributed by atoms with E-state index in [2.05, 4.69) is 6.92 Å². The monoisotopic (exact) mass is 174 g/mol. The van der Waals surface area contributed by atoms with Gasteiger partial charge in [0.1, 0.15) is 0 Å². The minimum atomic E-state index is -0.545. The summed E-state index contributed by atoms with van der Waals surface area (Å²) in [4.78, 5) is 0. The smallest absolute Gasteiger partial charge is 0.0999 e. The van der Waals surface area contributed by atoms with Gasteiger partial charge in [0.15, 0.2) is 0 Å². The Labute approximate surface area is 76.6 Å². The van der Waals surface area contributed by atoms with Crippen LogP contribution in [0.25, 0.3) is 0 Å². The van der Waals surface area contributed by atoms with Gasteiger partial charge in [-0.1, -0.05) is 52.4 Å². The van der Waals surface area contributed by atoms with Crippen molar-refractivity contribution in [1.29, 1.82) is 0 Å². The first-order chi connectivity index (χ1) is 5.81. The van der Waals surface area contributed by atoms with Gasteiger partial charge in [-0.2, -0.15) is 0 Å². The van der Waals surface area contributed by atoms with Crippen molar-refractivity contribution in [2.75, 3.05) is 0 Å². The van der Waals surface area contributed by atoms with Crippen molar-refractivity contribution < 1.29 is 4.39 Å². The lowest BCUT2D eigenvalue weighted by Crippen LogP contribution is -1.96. The van der Waals surface area contributed by atoms with E-state index in [4.69, 9.17) is 0 Å². The highest BCUT2D eigenvalue weighted by Crippen LogP contribution is 2.11. The van der Waals surface area contributed by atoms with Gasteiger partial charge in [-0.15, -0.1) is 0 Å². The van der Waals surface area contributed by atoms with E-state index < -0.39 is 6.17 Å². The van der Waals surface area contributed by atoms with Crippen molar-refractivity contribution in [3.63, 3.8) is 0 Å². The van der Waals surface area contributed by atoms with E-state index in [0.29, 0.717) is 6.42 Å². The van der Waals surface area contributed by atoms with Crippen molar-refractivity contribution in [2.24, 2.45) is 0 Å². The minimum absolute atomic E-state index is 0.545. The third-order valence-electron chi connectivity index (χ3n) is 2.31. The second-order valence-corrected chi connectivity index (χ2v) is 3.56. The van der Waals surface area contributed by atoms with Crippen molar-refractivity contribution >= 4 is 0 Å². The zero-order valence-electron chi connectivity index (χ0n) is 8.61. The van der Waals surface area contributed by atoms with Crippen LogP contribution >= 0.6 is 0 Å². The summed E-state index contributed by atoms with van der Waals surface area (Å²) in [6, 6.07) is 0. The number of alkyl halides is 1. The summed E-state index contributed by atoms with van der Waals surface area (Å²) in [6.45, 7) is 4.14. The van der Waals surface area contributed by atoms with Crippen molar-refractivity contribution in [3.05, 3.63) is 0 Å². The number of hydrogen-bond donors (Lipinski definition) is 0. The Morgan fingerprint density at radius 3 is 2.08 bits per heavy atom. The first-order valence-corrected chi connectivity index (χ1v) is 5.45. The average Bonchev–Trinajstić information content (AvgIpc) is 2.10. The molecule has 1 heteroatoms. The average molecular weight is 174 g/mol. The Bertz CT molecular complexity index is 81.1. The molecule has 0 saturated carbocycles. The SMILES string of the molecule is CCCCCCCCC(F)CC. The predicted octanol–water partition coefficient (Wildman–Crippen LogP) is 4.49. The number of unbranched alkanes of at least 4 members (excludes halogenated alkanes) is 5.